The van der Waals surface area contributed by atoms with Gasteiger partial charge in [0.15, 0.2) is 0 Å². The van der Waals surface area contributed by atoms with E-state index in [1.54, 1.807) is 12.1 Å². The molecule has 0 spiro atoms. The molecule has 0 atom stereocenters. The summed E-state index contributed by atoms with van der Waals surface area (Å²) in [5.41, 5.74) is 4.20. The predicted octanol–water partition coefficient (Wildman–Crippen LogP) is 2.66. The average Bonchev–Trinajstić information content (AvgIpc) is 3.01. The number of aromatic amines is 1. The van der Waals surface area contributed by atoms with Gasteiger partial charge in [-0.1, -0.05) is 24.3 Å². The molecular formula is C17H15N3O3. The Morgan fingerprint density at radius 1 is 1.26 bits per heavy atom. The SMILES string of the molecule is O=C(C=Cc1cccc(OCc2nc3ccccc3[nH]2)c1)NO. The second-order valence-electron chi connectivity index (χ2n) is 4.87. The third-order valence-corrected chi connectivity index (χ3v) is 3.21. The van der Waals surface area contributed by atoms with E-state index in [-0.39, 0.29) is 0 Å². The van der Waals surface area contributed by atoms with E-state index in [1.807, 2.05) is 42.5 Å². The van der Waals surface area contributed by atoms with Crippen LogP contribution in [-0.2, 0) is 11.4 Å². The summed E-state index contributed by atoms with van der Waals surface area (Å²) in [6.45, 7) is 0.318. The van der Waals surface area contributed by atoms with Crippen LogP contribution in [0, 0.1) is 0 Å². The maximum absolute atomic E-state index is 11.0. The van der Waals surface area contributed by atoms with E-state index in [0.717, 1.165) is 22.4 Å². The van der Waals surface area contributed by atoms with Gasteiger partial charge in [0, 0.05) is 6.08 Å². The Balaban J connectivity index is 1.68. The van der Waals surface area contributed by atoms with Gasteiger partial charge in [-0.15, -0.1) is 0 Å². The van der Waals surface area contributed by atoms with Crippen LogP contribution in [0.5, 0.6) is 5.75 Å². The zero-order valence-corrected chi connectivity index (χ0v) is 12.2. The molecule has 1 aromatic heterocycles. The van der Waals surface area contributed by atoms with Crippen molar-refractivity contribution in [3.05, 3.63) is 66.0 Å². The third-order valence-electron chi connectivity index (χ3n) is 3.21. The quantitative estimate of drug-likeness (QED) is 0.384. The lowest BCUT2D eigenvalue weighted by molar-refractivity contribution is -0.124. The van der Waals surface area contributed by atoms with Crippen molar-refractivity contribution in [3.63, 3.8) is 0 Å². The molecule has 3 aromatic rings. The number of H-pyrrole nitrogens is 1. The molecule has 0 aliphatic rings. The van der Waals surface area contributed by atoms with Crippen LogP contribution in [0.25, 0.3) is 17.1 Å². The van der Waals surface area contributed by atoms with Crippen LogP contribution in [-0.4, -0.2) is 21.1 Å². The van der Waals surface area contributed by atoms with Crippen molar-refractivity contribution in [1.29, 1.82) is 0 Å². The number of rotatable bonds is 5. The molecule has 0 saturated carbocycles. The maximum Gasteiger partial charge on any atom is 0.267 e. The van der Waals surface area contributed by atoms with Gasteiger partial charge >= 0.3 is 0 Å². The number of nitrogens with one attached hydrogen (secondary N) is 2. The number of carbonyl (C=O) groups excluding carboxylic acids is 1. The van der Waals surface area contributed by atoms with Crippen molar-refractivity contribution >= 4 is 23.0 Å². The van der Waals surface area contributed by atoms with E-state index in [0.29, 0.717) is 12.4 Å². The summed E-state index contributed by atoms with van der Waals surface area (Å²) in [6.07, 6.45) is 2.82. The molecule has 0 fully saturated rings. The number of imidazole rings is 1. The van der Waals surface area contributed by atoms with E-state index < -0.39 is 5.91 Å². The number of amides is 1. The summed E-state index contributed by atoms with van der Waals surface area (Å²) in [5.74, 6) is 0.822. The minimum Gasteiger partial charge on any atom is -0.486 e. The number of hydrogen-bond donors (Lipinski definition) is 3. The summed E-state index contributed by atoms with van der Waals surface area (Å²) in [7, 11) is 0. The Bertz CT molecular complexity index is 822. The first-order valence-electron chi connectivity index (χ1n) is 7.03. The first-order valence-corrected chi connectivity index (χ1v) is 7.03. The summed E-state index contributed by atoms with van der Waals surface area (Å²) >= 11 is 0. The number of aromatic nitrogens is 2. The van der Waals surface area contributed by atoms with E-state index in [4.69, 9.17) is 9.94 Å². The highest BCUT2D eigenvalue weighted by atomic mass is 16.5. The highest BCUT2D eigenvalue weighted by molar-refractivity contribution is 5.90. The van der Waals surface area contributed by atoms with Crippen molar-refractivity contribution in [2.45, 2.75) is 6.61 Å². The molecule has 3 N–H and O–H groups in total. The zero-order chi connectivity index (χ0) is 16.1. The summed E-state index contributed by atoms with van der Waals surface area (Å²) in [6, 6.07) is 15.1. The first-order chi connectivity index (χ1) is 11.2. The van der Waals surface area contributed by atoms with Crippen molar-refractivity contribution in [3.8, 4) is 5.75 Å². The second kappa shape index (κ2) is 6.76. The lowest BCUT2D eigenvalue weighted by atomic mass is 10.2. The van der Waals surface area contributed by atoms with Crippen LogP contribution in [0.3, 0.4) is 0 Å². The van der Waals surface area contributed by atoms with Gasteiger partial charge in [-0.25, -0.2) is 10.5 Å². The number of carbonyl (C=O) groups is 1. The summed E-state index contributed by atoms with van der Waals surface area (Å²) < 4.78 is 5.72. The number of hydroxylamine groups is 1. The number of para-hydroxylation sites is 2. The monoisotopic (exact) mass is 309 g/mol. The summed E-state index contributed by atoms with van der Waals surface area (Å²) in [4.78, 5) is 18.6. The molecule has 116 valence electrons. The fraction of sp³-hybridized carbons (Fsp3) is 0.0588. The number of ether oxygens (including phenoxy) is 1. The normalized spacial score (nSPS) is 11.0. The number of nitrogens with zero attached hydrogens (tertiary/aromatic N) is 1. The molecular weight excluding hydrogens is 294 g/mol. The molecule has 6 heteroatoms. The number of hydrogen-bond acceptors (Lipinski definition) is 4. The minimum atomic E-state index is -0.585. The predicted molar refractivity (Wildman–Crippen MR) is 85.8 cm³/mol. The molecule has 2 aromatic carbocycles. The Kier molecular flexibility index (Phi) is 4.35. The standard InChI is InChI=1S/C17H15N3O3/c21-17(20-22)9-8-12-4-3-5-13(10-12)23-11-16-18-14-6-1-2-7-15(14)19-16/h1-10,22H,11H2,(H,18,19)(H,20,21). The molecule has 1 heterocycles. The van der Waals surface area contributed by atoms with Gasteiger partial charge in [-0.05, 0) is 35.9 Å². The van der Waals surface area contributed by atoms with Gasteiger partial charge < -0.3 is 9.72 Å². The highest BCUT2D eigenvalue weighted by Gasteiger charge is 2.03. The molecule has 0 unspecified atom stereocenters. The van der Waals surface area contributed by atoms with E-state index in [2.05, 4.69) is 9.97 Å². The van der Waals surface area contributed by atoms with Crippen molar-refractivity contribution in [2.75, 3.05) is 0 Å². The molecule has 0 aliphatic heterocycles. The molecule has 23 heavy (non-hydrogen) atoms. The van der Waals surface area contributed by atoms with Crippen molar-refractivity contribution in [2.24, 2.45) is 0 Å². The van der Waals surface area contributed by atoms with Crippen LogP contribution < -0.4 is 10.2 Å². The topological polar surface area (TPSA) is 87.2 Å². The van der Waals surface area contributed by atoms with Crippen LogP contribution in [0.15, 0.2) is 54.6 Å². The van der Waals surface area contributed by atoms with E-state index in [9.17, 15) is 4.79 Å². The largest absolute Gasteiger partial charge is 0.486 e. The van der Waals surface area contributed by atoms with Crippen LogP contribution in [0.4, 0.5) is 0 Å². The number of benzene rings is 2. The van der Waals surface area contributed by atoms with Crippen molar-refractivity contribution < 1.29 is 14.7 Å². The third kappa shape index (κ3) is 3.75. The molecule has 3 rings (SSSR count). The lowest BCUT2D eigenvalue weighted by Crippen LogP contribution is -2.14. The molecule has 0 aliphatic carbocycles. The zero-order valence-electron chi connectivity index (χ0n) is 12.2. The molecule has 1 amide bonds. The van der Waals surface area contributed by atoms with Gasteiger partial charge in [-0.2, -0.15) is 0 Å². The Labute approximate surface area is 132 Å². The Morgan fingerprint density at radius 2 is 2.13 bits per heavy atom. The molecule has 0 saturated heterocycles. The first kappa shape index (κ1) is 14.8. The van der Waals surface area contributed by atoms with Crippen LogP contribution in [0.2, 0.25) is 0 Å². The average molecular weight is 309 g/mol. The van der Waals surface area contributed by atoms with E-state index in [1.165, 1.54) is 11.6 Å². The van der Waals surface area contributed by atoms with Crippen LogP contribution >= 0.6 is 0 Å². The van der Waals surface area contributed by atoms with Gasteiger partial charge in [0.05, 0.1) is 11.0 Å². The molecule has 0 bridgehead atoms. The Hall–Kier alpha value is -3.12. The molecule has 0 radical (unpaired) electrons. The van der Waals surface area contributed by atoms with Gasteiger partial charge in [-0.3, -0.25) is 10.0 Å². The van der Waals surface area contributed by atoms with Gasteiger partial charge in [0.25, 0.3) is 5.91 Å². The van der Waals surface area contributed by atoms with E-state index >= 15 is 0 Å². The minimum absolute atomic E-state index is 0.318. The lowest BCUT2D eigenvalue weighted by Gasteiger charge is -2.04. The number of fused-ring (bicyclic) bond motifs is 1. The summed E-state index contributed by atoms with van der Waals surface area (Å²) in [5, 5.41) is 8.45. The van der Waals surface area contributed by atoms with Gasteiger partial charge in [0.1, 0.15) is 18.2 Å². The highest BCUT2D eigenvalue weighted by Crippen LogP contribution is 2.17. The smallest absolute Gasteiger partial charge is 0.267 e. The van der Waals surface area contributed by atoms with Gasteiger partial charge in [0.2, 0.25) is 0 Å². The van der Waals surface area contributed by atoms with Crippen LogP contribution in [0.1, 0.15) is 11.4 Å². The molecule has 6 nitrogen and oxygen atoms in total. The Morgan fingerprint density at radius 3 is 2.96 bits per heavy atom. The van der Waals surface area contributed by atoms with Crippen molar-refractivity contribution in [1.82, 2.24) is 15.4 Å². The fourth-order valence-electron chi connectivity index (χ4n) is 2.14. The fourth-order valence-corrected chi connectivity index (χ4v) is 2.14. The maximum atomic E-state index is 11.0. The second-order valence-corrected chi connectivity index (χ2v) is 4.87.